The van der Waals surface area contributed by atoms with E-state index in [2.05, 4.69) is 49.1 Å². The molecule has 0 spiro atoms. The first-order valence-electron chi connectivity index (χ1n) is 24.9. The Morgan fingerprint density at radius 2 is 0.873 bits per heavy atom. The minimum atomic E-state index is 0.116. The molecule has 2 N–H and O–H groups in total. The number of nitrogens with two attached hydrogens (primary N) is 1. The Balaban J connectivity index is 1.55. The molecule has 1 fully saturated rings. The molecule has 0 amide bonds. The van der Waals surface area contributed by atoms with Crippen LogP contribution in [-0.4, -0.2) is 57.0 Å². The molecule has 0 bridgehead atoms. The lowest BCUT2D eigenvalue weighted by Crippen LogP contribution is -2.49. The fourth-order valence-electron chi connectivity index (χ4n) is 8.87. The summed E-state index contributed by atoms with van der Waals surface area (Å²) in [5.41, 5.74) is 7.94. The quantitative estimate of drug-likeness (QED) is 0.0674. The van der Waals surface area contributed by atoms with Crippen molar-refractivity contribution in [2.24, 2.45) is 5.73 Å². The maximum absolute atomic E-state index is 6.57. The third kappa shape index (κ3) is 27.4. The molecule has 1 aliphatic heterocycles. The van der Waals surface area contributed by atoms with Crippen LogP contribution in [0.2, 0.25) is 0 Å². The van der Waals surface area contributed by atoms with Crippen LogP contribution in [0.15, 0.2) is 30.3 Å². The molecule has 2 rings (SSSR count). The minimum Gasteiger partial charge on any atom is -0.379 e. The molecule has 0 aromatic heterocycles. The zero-order valence-corrected chi connectivity index (χ0v) is 37.3. The van der Waals surface area contributed by atoms with Gasteiger partial charge in [0.1, 0.15) is 0 Å². The molecular weight excluding hydrogens is 673 g/mol. The zero-order valence-electron chi connectivity index (χ0n) is 37.3. The van der Waals surface area contributed by atoms with E-state index in [-0.39, 0.29) is 11.5 Å². The monoisotopic (exact) mass is 769 g/mol. The summed E-state index contributed by atoms with van der Waals surface area (Å²) in [6.45, 7) is 11.0. The topological polar surface area (TPSA) is 47.7 Å². The van der Waals surface area contributed by atoms with Crippen molar-refractivity contribution < 1.29 is 9.47 Å². The first-order chi connectivity index (χ1) is 27.2. The van der Waals surface area contributed by atoms with E-state index in [1.807, 2.05) is 0 Å². The largest absolute Gasteiger partial charge is 0.379 e. The molecule has 1 atom stereocenters. The van der Waals surface area contributed by atoms with E-state index < -0.39 is 0 Å². The maximum Gasteiger partial charge on any atom is 0.0934 e. The highest BCUT2D eigenvalue weighted by molar-refractivity contribution is 5.26. The summed E-state index contributed by atoms with van der Waals surface area (Å²) in [5.74, 6) is 0. The van der Waals surface area contributed by atoms with Gasteiger partial charge in [0.05, 0.1) is 12.7 Å². The molecule has 1 saturated heterocycles. The van der Waals surface area contributed by atoms with E-state index in [1.54, 1.807) is 0 Å². The van der Waals surface area contributed by atoms with Crippen LogP contribution < -0.4 is 5.73 Å². The Bertz CT molecular complexity index is 901. The van der Waals surface area contributed by atoms with Gasteiger partial charge in [-0.1, -0.05) is 237 Å². The van der Waals surface area contributed by atoms with Crippen molar-refractivity contribution in [1.29, 1.82) is 0 Å². The summed E-state index contributed by atoms with van der Waals surface area (Å²) < 4.78 is 12.9. The van der Waals surface area contributed by atoms with Crippen molar-refractivity contribution in [3.05, 3.63) is 35.9 Å². The van der Waals surface area contributed by atoms with Crippen molar-refractivity contribution in [1.82, 2.24) is 4.90 Å². The number of ether oxygens (including phenoxy) is 2. The van der Waals surface area contributed by atoms with Gasteiger partial charge in [-0.05, 0) is 44.3 Å². The molecule has 322 valence electrons. The fraction of sp³-hybridized carbons (Fsp3) is 0.882. The van der Waals surface area contributed by atoms with Crippen LogP contribution in [0.25, 0.3) is 0 Å². The second kappa shape index (κ2) is 37.3. The first-order valence-corrected chi connectivity index (χ1v) is 24.9. The molecule has 55 heavy (non-hydrogen) atoms. The summed E-state index contributed by atoms with van der Waals surface area (Å²) in [5, 5.41) is 0. The van der Waals surface area contributed by atoms with Gasteiger partial charge < -0.3 is 20.1 Å². The summed E-state index contributed by atoms with van der Waals surface area (Å²) in [4.78, 5) is 2.62. The molecule has 1 aromatic rings. The number of hydrogen-bond acceptors (Lipinski definition) is 4. The van der Waals surface area contributed by atoms with Crippen LogP contribution in [0.5, 0.6) is 0 Å². The van der Waals surface area contributed by atoms with Gasteiger partial charge in [0.2, 0.25) is 0 Å². The molecule has 1 aliphatic rings. The van der Waals surface area contributed by atoms with E-state index in [0.717, 1.165) is 58.8 Å². The summed E-state index contributed by atoms with van der Waals surface area (Å²) in [7, 11) is 0. The number of rotatable bonds is 41. The number of benzene rings is 1. The number of likely N-dealkylation sites (tertiary alicyclic amines) is 1. The number of piperidine rings is 1. The van der Waals surface area contributed by atoms with Gasteiger partial charge in [0.25, 0.3) is 0 Å². The molecule has 0 aliphatic carbocycles. The van der Waals surface area contributed by atoms with Gasteiger partial charge >= 0.3 is 0 Å². The molecule has 4 nitrogen and oxygen atoms in total. The summed E-state index contributed by atoms with van der Waals surface area (Å²) in [6.07, 6.45) is 47.4. The summed E-state index contributed by atoms with van der Waals surface area (Å²) >= 11 is 0. The van der Waals surface area contributed by atoms with Crippen LogP contribution in [-0.2, 0) is 14.9 Å². The average molecular weight is 769 g/mol. The lowest BCUT2D eigenvalue weighted by atomic mass is 9.73. The highest BCUT2D eigenvalue weighted by Crippen LogP contribution is 2.34. The first kappa shape index (κ1) is 50.2. The van der Waals surface area contributed by atoms with Gasteiger partial charge in [0.15, 0.2) is 0 Å². The van der Waals surface area contributed by atoms with Crippen LogP contribution in [0.3, 0.4) is 0 Å². The minimum absolute atomic E-state index is 0.116. The van der Waals surface area contributed by atoms with Crippen LogP contribution >= 0.6 is 0 Å². The molecule has 0 saturated carbocycles. The van der Waals surface area contributed by atoms with E-state index in [4.69, 9.17) is 15.2 Å². The van der Waals surface area contributed by atoms with E-state index in [1.165, 1.54) is 211 Å². The molecular formula is C51H96N2O2. The van der Waals surface area contributed by atoms with E-state index >= 15 is 0 Å². The van der Waals surface area contributed by atoms with Crippen LogP contribution in [0, 0.1) is 0 Å². The SMILES string of the molecule is CCCCCCCCCCCCCCCCCCOCC(CN1CCC(CN)(c2ccccc2)CC1)OCCCCCCCCCCCCCCCCCC. The predicted octanol–water partition coefficient (Wildman–Crippen LogP) is 14.9. The fourth-order valence-corrected chi connectivity index (χ4v) is 8.87. The molecule has 1 unspecified atom stereocenters. The van der Waals surface area contributed by atoms with Gasteiger partial charge in [0, 0.05) is 31.7 Å². The smallest absolute Gasteiger partial charge is 0.0934 e. The van der Waals surface area contributed by atoms with Crippen LogP contribution in [0.1, 0.15) is 238 Å². The standard InChI is InChI=1S/C51H96N2O2/c1-3-5-7-9-11-13-15-17-19-21-23-25-27-29-31-36-44-54-47-50(46-53-42-40-51(48-52,41-43-53)49-38-34-33-35-39-49)55-45-37-32-30-28-26-24-22-20-18-16-14-12-10-8-6-4-2/h33-35,38-39,50H,3-32,36-37,40-48,52H2,1-2H3. The highest BCUT2D eigenvalue weighted by atomic mass is 16.5. The predicted molar refractivity (Wildman–Crippen MR) is 242 cm³/mol. The Hall–Kier alpha value is -0.940. The van der Waals surface area contributed by atoms with Crippen molar-refractivity contribution >= 4 is 0 Å². The van der Waals surface area contributed by atoms with Crippen molar-refractivity contribution in [3.63, 3.8) is 0 Å². The third-order valence-electron chi connectivity index (χ3n) is 12.8. The van der Waals surface area contributed by atoms with Crippen LogP contribution in [0.4, 0.5) is 0 Å². The van der Waals surface area contributed by atoms with E-state index in [0.29, 0.717) is 0 Å². The molecule has 0 radical (unpaired) electrons. The highest BCUT2D eigenvalue weighted by Gasteiger charge is 2.35. The lowest BCUT2D eigenvalue weighted by Gasteiger charge is -2.42. The summed E-state index contributed by atoms with van der Waals surface area (Å²) in [6, 6.07) is 11.0. The molecule has 1 heterocycles. The van der Waals surface area contributed by atoms with Crippen molar-refractivity contribution in [2.75, 3.05) is 46.0 Å². The van der Waals surface area contributed by atoms with Gasteiger partial charge in [-0.2, -0.15) is 0 Å². The average Bonchev–Trinajstić information content (AvgIpc) is 3.22. The Labute approximate surface area is 344 Å². The van der Waals surface area contributed by atoms with E-state index in [9.17, 15) is 0 Å². The second-order valence-electron chi connectivity index (χ2n) is 17.8. The van der Waals surface area contributed by atoms with Gasteiger partial charge in [-0.3, -0.25) is 0 Å². The third-order valence-corrected chi connectivity index (χ3v) is 12.8. The normalized spacial score (nSPS) is 15.2. The zero-order chi connectivity index (χ0) is 39.2. The maximum atomic E-state index is 6.57. The molecule has 4 heteroatoms. The van der Waals surface area contributed by atoms with Crippen molar-refractivity contribution in [3.8, 4) is 0 Å². The van der Waals surface area contributed by atoms with Gasteiger partial charge in [-0.15, -0.1) is 0 Å². The number of unbranched alkanes of at least 4 members (excludes halogenated alkanes) is 30. The second-order valence-corrected chi connectivity index (χ2v) is 17.8. The molecule has 1 aromatic carbocycles. The van der Waals surface area contributed by atoms with Crippen molar-refractivity contribution in [2.45, 2.75) is 244 Å². The number of nitrogens with zero attached hydrogens (tertiary/aromatic N) is 1. The Kier molecular flexibility index (Phi) is 34.1. The Morgan fingerprint density at radius 1 is 0.509 bits per heavy atom. The number of hydrogen-bond donors (Lipinski definition) is 1. The Morgan fingerprint density at radius 3 is 1.25 bits per heavy atom. The van der Waals surface area contributed by atoms with Gasteiger partial charge in [-0.25, -0.2) is 0 Å². The lowest BCUT2D eigenvalue weighted by molar-refractivity contribution is -0.0388.